The third-order valence-electron chi connectivity index (χ3n) is 5.53. The second kappa shape index (κ2) is 7.04. The van der Waals surface area contributed by atoms with Crippen LogP contribution in [0.1, 0.15) is 29.9 Å². The van der Waals surface area contributed by atoms with Crippen molar-refractivity contribution in [3.05, 3.63) is 59.7 Å². The third-order valence-corrected chi connectivity index (χ3v) is 5.53. The van der Waals surface area contributed by atoms with Gasteiger partial charge in [-0.05, 0) is 35.1 Å². The zero-order valence-corrected chi connectivity index (χ0v) is 14.7. The number of alkyl carbamates (subject to hydrolysis) is 1. The Morgan fingerprint density at radius 3 is 2.15 bits per heavy atom. The molecule has 0 spiro atoms. The van der Waals surface area contributed by atoms with Gasteiger partial charge >= 0.3 is 12.1 Å². The van der Waals surface area contributed by atoms with Gasteiger partial charge in [0.1, 0.15) is 6.61 Å². The smallest absolute Gasteiger partial charge is 0.407 e. The number of aliphatic hydroxyl groups is 1. The van der Waals surface area contributed by atoms with Crippen molar-refractivity contribution in [2.24, 2.45) is 5.92 Å². The molecule has 0 aliphatic heterocycles. The number of carbonyl (C=O) groups excluding carboxylic acids is 1. The van der Waals surface area contributed by atoms with Gasteiger partial charge in [-0.25, -0.2) is 4.79 Å². The lowest BCUT2D eigenvalue weighted by molar-refractivity contribution is -0.141. The van der Waals surface area contributed by atoms with E-state index in [1.54, 1.807) is 0 Å². The molecule has 1 amide bonds. The van der Waals surface area contributed by atoms with Crippen LogP contribution in [0.15, 0.2) is 48.5 Å². The Labute approximate surface area is 156 Å². The van der Waals surface area contributed by atoms with Crippen LogP contribution >= 0.6 is 0 Å². The van der Waals surface area contributed by atoms with Crippen LogP contribution < -0.4 is 5.32 Å². The summed E-state index contributed by atoms with van der Waals surface area (Å²) in [5.74, 6) is -1.63. The van der Waals surface area contributed by atoms with E-state index in [9.17, 15) is 14.7 Å². The number of amides is 1. The maximum Gasteiger partial charge on any atom is 0.407 e. The highest BCUT2D eigenvalue weighted by molar-refractivity contribution is 5.79. The van der Waals surface area contributed by atoms with E-state index in [4.69, 9.17) is 9.84 Å². The molecule has 0 aromatic heterocycles. The number of rotatable bonds is 4. The molecule has 0 radical (unpaired) electrons. The van der Waals surface area contributed by atoms with E-state index in [-0.39, 0.29) is 25.4 Å². The molecule has 0 unspecified atom stereocenters. The van der Waals surface area contributed by atoms with Crippen molar-refractivity contribution in [1.29, 1.82) is 0 Å². The molecular formula is C21H21NO5. The van der Waals surface area contributed by atoms with Gasteiger partial charge in [0.15, 0.2) is 0 Å². The molecule has 6 nitrogen and oxygen atoms in total. The number of fused-ring (bicyclic) bond motifs is 3. The number of aliphatic hydroxyl groups excluding tert-OH is 1. The van der Waals surface area contributed by atoms with Crippen molar-refractivity contribution in [3.63, 3.8) is 0 Å². The zero-order chi connectivity index (χ0) is 19.0. The summed E-state index contributed by atoms with van der Waals surface area (Å²) in [7, 11) is 0. The van der Waals surface area contributed by atoms with Crippen molar-refractivity contribution < 1.29 is 24.5 Å². The first kappa shape index (κ1) is 17.5. The van der Waals surface area contributed by atoms with Crippen molar-refractivity contribution in [3.8, 4) is 11.1 Å². The zero-order valence-electron chi connectivity index (χ0n) is 14.7. The Bertz CT molecular complexity index is 835. The average molecular weight is 367 g/mol. The normalized spacial score (nSPS) is 23.5. The summed E-state index contributed by atoms with van der Waals surface area (Å²) in [4.78, 5) is 23.3. The van der Waals surface area contributed by atoms with Crippen LogP contribution in [0.5, 0.6) is 0 Å². The van der Waals surface area contributed by atoms with Crippen LogP contribution in [0.4, 0.5) is 4.79 Å². The Kier molecular flexibility index (Phi) is 4.58. The highest BCUT2D eigenvalue weighted by atomic mass is 16.5. The van der Waals surface area contributed by atoms with Gasteiger partial charge in [-0.2, -0.15) is 0 Å². The predicted octanol–water partition coefficient (Wildman–Crippen LogP) is 2.75. The second-order valence-corrected chi connectivity index (χ2v) is 7.15. The molecule has 2 aromatic rings. The number of carboxylic acid groups (broad SMARTS) is 1. The summed E-state index contributed by atoms with van der Waals surface area (Å²) >= 11 is 0. The Hall–Kier alpha value is -2.86. The van der Waals surface area contributed by atoms with Crippen molar-refractivity contribution in [1.82, 2.24) is 5.32 Å². The molecule has 0 saturated heterocycles. The van der Waals surface area contributed by atoms with Gasteiger partial charge in [-0.1, -0.05) is 48.5 Å². The first-order chi connectivity index (χ1) is 13.0. The van der Waals surface area contributed by atoms with E-state index in [0.717, 1.165) is 22.3 Å². The molecule has 0 bridgehead atoms. The van der Waals surface area contributed by atoms with Gasteiger partial charge in [-0.3, -0.25) is 4.79 Å². The standard InChI is InChI=1S/C21H21NO5/c23-19-10-12(20(24)25)9-18(19)22-21(26)27-11-17-15-7-3-1-5-13(15)14-6-2-4-8-16(14)17/h1-8,12,17-19,23H,9-11H2,(H,22,26)(H,24,25)/t12-,18+,19-/m1/s1. The molecule has 2 aliphatic rings. The molecule has 1 saturated carbocycles. The highest BCUT2D eigenvalue weighted by Gasteiger charge is 2.38. The number of carbonyl (C=O) groups is 2. The van der Waals surface area contributed by atoms with E-state index >= 15 is 0 Å². The summed E-state index contributed by atoms with van der Waals surface area (Å²) in [6, 6.07) is 15.5. The van der Waals surface area contributed by atoms with Crippen LogP contribution in [-0.4, -0.2) is 41.0 Å². The first-order valence-corrected chi connectivity index (χ1v) is 9.07. The Balaban J connectivity index is 1.42. The molecule has 2 aliphatic carbocycles. The molecule has 3 N–H and O–H groups in total. The second-order valence-electron chi connectivity index (χ2n) is 7.15. The lowest BCUT2D eigenvalue weighted by Gasteiger charge is -2.18. The number of aliphatic carboxylic acids is 1. The minimum atomic E-state index is -0.953. The van der Waals surface area contributed by atoms with Crippen LogP contribution in [0, 0.1) is 5.92 Å². The van der Waals surface area contributed by atoms with Crippen molar-refractivity contribution in [2.75, 3.05) is 6.61 Å². The summed E-state index contributed by atoms with van der Waals surface area (Å²) < 4.78 is 5.44. The van der Waals surface area contributed by atoms with E-state index < -0.39 is 30.1 Å². The van der Waals surface area contributed by atoms with Gasteiger partial charge < -0.3 is 20.3 Å². The van der Waals surface area contributed by atoms with E-state index in [2.05, 4.69) is 17.4 Å². The number of nitrogens with one attached hydrogen (secondary N) is 1. The van der Waals surface area contributed by atoms with Gasteiger partial charge in [0.2, 0.25) is 0 Å². The maximum atomic E-state index is 12.2. The maximum absolute atomic E-state index is 12.2. The fourth-order valence-electron chi connectivity index (χ4n) is 4.16. The Morgan fingerprint density at radius 1 is 1.00 bits per heavy atom. The van der Waals surface area contributed by atoms with Gasteiger partial charge in [0.25, 0.3) is 0 Å². The Morgan fingerprint density at radius 2 is 1.59 bits per heavy atom. The minimum Gasteiger partial charge on any atom is -0.481 e. The lowest BCUT2D eigenvalue weighted by atomic mass is 9.98. The monoisotopic (exact) mass is 367 g/mol. The summed E-state index contributed by atoms with van der Waals surface area (Å²) in [5, 5.41) is 21.6. The number of benzene rings is 2. The number of hydrogen-bond donors (Lipinski definition) is 3. The first-order valence-electron chi connectivity index (χ1n) is 9.07. The molecule has 4 rings (SSSR count). The minimum absolute atomic E-state index is 0.0385. The quantitative estimate of drug-likeness (QED) is 0.772. The average Bonchev–Trinajstić information content (AvgIpc) is 3.19. The fraction of sp³-hybridized carbons (Fsp3) is 0.333. The van der Waals surface area contributed by atoms with Crippen LogP contribution in [0.2, 0.25) is 0 Å². The molecule has 2 aromatic carbocycles. The molecule has 27 heavy (non-hydrogen) atoms. The highest BCUT2D eigenvalue weighted by Crippen LogP contribution is 2.44. The number of ether oxygens (including phenoxy) is 1. The molecule has 1 fully saturated rings. The number of hydrogen-bond acceptors (Lipinski definition) is 4. The number of carboxylic acids is 1. The molecule has 6 heteroatoms. The predicted molar refractivity (Wildman–Crippen MR) is 98.4 cm³/mol. The van der Waals surface area contributed by atoms with Gasteiger partial charge in [0.05, 0.1) is 18.1 Å². The summed E-state index contributed by atoms with van der Waals surface area (Å²) in [6.45, 7) is 0.186. The van der Waals surface area contributed by atoms with Crippen molar-refractivity contribution >= 4 is 12.1 Å². The summed E-state index contributed by atoms with van der Waals surface area (Å²) in [5.41, 5.74) is 4.55. The third kappa shape index (κ3) is 3.28. The fourth-order valence-corrected chi connectivity index (χ4v) is 4.16. The van der Waals surface area contributed by atoms with E-state index in [1.807, 2.05) is 36.4 Å². The van der Waals surface area contributed by atoms with Crippen LogP contribution in [-0.2, 0) is 9.53 Å². The van der Waals surface area contributed by atoms with Crippen molar-refractivity contribution in [2.45, 2.75) is 30.9 Å². The summed E-state index contributed by atoms with van der Waals surface area (Å²) in [6.07, 6.45) is -1.15. The molecular weight excluding hydrogens is 346 g/mol. The van der Waals surface area contributed by atoms with Gasteiger partial charge in [-0.15, -0.1) is 0 Å². The molecule has 3 atom stereocenters. The lowest BCUT2D eigenvalue weighted by Crippen LogP contribution is -2.40. The SMILES string of the molecule is O=C(N[C@H]1C[C@@H](C(=O)O)C[C@H]1O)OCC1c2ccccc2-c2ccccc21. The van der Waals surface area contributed by atoms with E-state index in [0.29, 0.717) is 0 Å². The van der Waals surface area contributed by atoms with Crippen LogP contribution in [0.3, 0.4) is 0 Å². The molecule has 0 heterocycles. The van der Waals surface area contributed by atoms with Gasteiger partial charge in [0, 0.05) is 5.92 Å². The van der Waals surface area contributed by atoms with Crippen LogP contribution in [0.25, 0.3) is 11.1 Å². The van der Waals surface area contributed by atoms with E-state index in [1.165, 1.54) is 0 Å². The molecule has 140 valence electrons. The topological polar surface area (TPSA) is 95.9 Å². The largest absolute Gasteiger partial charge is 0.481 e.